The summed E-state index contributed by atoms with van der Waals surface area (Å²) in [5.41, 5.74) is 5.91. The summed E-state index contributed by atoms with van der Waals surface area (Å²) < 4.78 is 10.9. The maximum absolute atomic E-state index is 13.1. The van der Waals surface area contributed by atoms with E-state index >= 15 is 0 Å². The molecule has 0 spiro atoms. The van der Waals surface area contributed by atoms with Crippen LogP contribution < -0.4 is 14.9 Å². The average Bonchev–Trinajstić information content (AvgIpc) is 2.84. The van der Waals surface area contributed by atoms with Crippen LogP contribution in [0, 0.1) is 0 Å². The lowest BCUT2D eigenvalue weighted by molar-refractivity contribution is 0.0956. The number of aromatic hydroxyl groups is 1. The second-order valence-electron chi connectivity index (χ2n) is 7.90. The molecule has 0 aliphatic rings. The van der Waals surface area contributed by atoms with Crippen LogP contribution in [-0.4, -0.2) is 35.4 Å². The minimum atomic E-state index is -0.364. The Morgan fingerprint density at radius 1 is 1.06 bits per heavy atom. The zero-order valence-corrected chi connectivity index (χ0v) is 19.1. The van der Waals surface area contributed by atoms with Crippen molar-refractivity contribution in [3.05, 3.63) is 83.9 Å². The number of nitrogens with zero attached hydrogens (tertiary/aromatic N) is 2. The number of ether oxygens (including phenoxy) is 2. The quantitative estimate of drug-likeness (QED) is 0.296. The van der Waals surface area contributed by atoms with Gasteiger partial charge in [0.05, 0.1) is 36.2 Å². The Hall–Kier alpha value is -4.39. The maximum Gasteiger partial charge on any atom is 0.272 e. The fourth-order valence-electron chi connectivity index (χ4n) is 3.51. The number of fused-ring (bicyclic) bond motifs is 1. The van der Waals surface area contributed by atoms with Crippen molar-refractivity contribution in [2.75, 3.05) is 7.11 Å². The van der Waals surface area contributed by atoms with Crippen LogP contribution in [0.3, 0.4) is 0 Å². The molecule has 0 fully saturated rings. The number of carbonyl (C=O) groups is 1. The van der Waals surface area contributed by atoms with Gasteiger partial charge in [0.15, 0.2) is 11.5 Å². The van der Waals surface area contributed by atoms with Gasteiger partial charge in [0.1, 0.15) is 5.75 Å². The number of methoxy groups -OCH3 is 1. The number of pyridine rings is 1. The van der Waals surface area contributed by atoms with Crippen LogP contribution in [0.2, 0.25) is 0 Å². The number of hydrogen-bond acceptors (Lipinski definition) is 6. The number of carbonyl (C=O) groups excluding carboxylic acids is 1. The maximum atomic E-state index is 13.1. The van der Waals surface area contributed by atoms with Gasteiger partial charge in [-0.2, -0.15) is 5.10 Å². The highest BCUT2D eigenvalue weighted by molar-refractivity contribution is 6.07. The first-order valence-corrected chi connectivity index (χ1v) is 10.8. The van der Waals surface area contributed by atoms with Crippen LogP contribution in [0.15, 0.2) is 77.9 Å². The number of hydrogen-bond donors (Lipinski definition) is 2. The van der Waals surface area contributed by atoms with Gasteiger partial charge in [-0.05, 0) is 61.9 Å². The molecule has 1 heterocycles. The number of para-hydroxylation sites is 1. The molecule has 3 aromatic carbocycles. The lowest BCUT2D eigenvalue weighted by atomic mass is 10.0. The molecular weight excluding hydrogens is 430 g/mol. The third kappa shape index (κ3) is 5.15. The number of aromatic nitrogens is 1. The van der Waals surface area contributed by atoms with Crippen molar-refractivity contribution in [1.29, 1.82) is 0 Å². The van der Waals surface area contributed by atoms with Gasteiger partial charge in [-0.1, -0.05) is 30.3 Å². The average molecular weight is 456 g/mol. The number of nitrogens with one attached hydrogen (secondary N) is 1. The molecule has 172 valence electrons. The van der Waals surface area contributed by atoms with E-state index in [0.29, 0.717) is 28.1 Å². The van der Waals surface area contributed by atoms with Crippen molar-refractivity contribution in [1.82, 2.24) is 10.4 Å². The van der Waals surface area contributed by atoms with E-state index < -0.39 is 0 Å². The summed E-state index contributed by atoms with van der Waals surface area (Å²) in [6, 6.07) is 21.7. The lowest BCUT2D eigenvalue weighted by Crippen LogP contribution is -2.18. The molecule has 0 saturated heterocycles. The second kappa shape index (κ2) is 10.0. The number of benzene rings is 3. The smallest absolute Gasteiger partial charge is 0.272 e. The summed E-state index contributed by atoms with van der Waals surface area (Å²) in [5.74, 6) is 0.727. The van der Waals surface area contributed by atoms with Gasteiger partial charge in [-0.15, -0.1) is 0 Å². The standard InChI is InChI=1S/C27H25N3O4/c1-17(2)34-20-8-6-7-19(14-20)24-15-22(21-9-4-5-10-23(21)29-24)27(32)30-28-16-18-11-12-25(31)26(13-18)33-3/h4-17,31H,1-3H3,(H,30,32)/b28-16-. The van der Waals surface area contributed by atoms with Crippen LogP contribution in [0.1, 0.15) is 29.8 Å². The van der Waals surface area contributed by atoms with Crippen molar-refractivity contribution in [3.8, 4) is 28.5 Å². The first-order chi connectivity index (χ1) is 16.4. The molecule has 0 aliphatic heterocycles. The molecule has 7 nitrogen and oxygen atoms in total. The molecule has 0 atom stereocenters. The van der Waals surface area contributed by atoms with Gasteiger partial charge < -0.3 is 14.6 Å². The van der Waals surface area contributed by atoms with E-state index in [1.54, 1.807) is 18.2 Å². The van der Waals surface area contributed by atoms with Crippen LogP contribution >= 0.6 is 0 Å². The molecule has 1 aromatic heterocycles. The molecule has 4 aromatic rings. The molecule has 0 aliphatic carbocycles. The fraction of sp³-hybridized carbons (Fsp3) is 0.148. The number of hydrazone groups is 1. The van der Waals surface area contributed by atoms with Crippen LogP contribution in [0.5, 0.6) is 17.2 Å². The van der Waals surface area contributed by atoms with Gasteiger partial charge in [-0.3, -0.25) is 4.79 Å². The van der Waals surface area contributed by atoms with E-state index in [1.807, 2.05) is 62.4 Å². The monoisotopic (exact) mass is 455 g/mol. The van der Waals surface area contributed by atoms with E-state index in [2.05, 4.69) is 10.5 Å². The zero-order chi connectivity index (χ0) is 24.1. The first-order valence-electron chi connectivity index (χ1n) is 10.8. The highest BCUT2D eigenvalue weighted by Crippen LogP contribution is 2.28. The number of phenols is 1. The SMILES string of the molecule is COc1cc(/C=N\NC(=O)c2cc(-c3cccc(OC(C)C)c3)nc3ccccc23)ccc1O. The lowest BCUT2D eigenvalue weighted by Gasteiger charge is -2.12. The number of phenolic OH excluding ortho intramolecular Hbond substituents is 1. The molecule has 0 bridgehead atoms. The Morgan fingerprint density at radius 3 is 2.68 bits per heavy atom. The molecule has 0 saturated carbocycles. The van der Waals surface area contributed by atoms with Crippen LogP contribution in [-0.2, 0) is 0 Å². The van der Waals surface area contributed by atoms with E-state index in [1.165, 1.54) is 19.4 Å². The van der Waals surface area contributed by atoms with Gasteiger partial charge >= 0.3 is 0 Å². The molecule has 4 rings (SSSR count). The Balaban J connectivity index is 1.65. The first kappa shape index (κ1) is 22.8. The summed E-state index contributed by atoms with van der Waals surface area (Å²) in [5, 5.41) is 14.5. The summed E-state index contributed by atoms with van der Waals surface area (Å²) in [7, 11) is 1.47. The molecule has 2 N–H and O–H groups in total. The minimum Gasteiger partial charge on any atom is -0.504 e. The zero-order valence-electron chi connectivity index (χ0n) is 19.1. The van der Waals surface area contributed by atoms with Gasteiger partial charge in [-0.25, -0.2) is 10.4 Å². The van der Waals surface area contributed by atoms with Gasteiger partial charge in [0.2, 0.25) is 0 Å². The topological polar surface area (TPSA) is 93.0 Å². The largest absolute Gasteiger partial charge is 0.504 e. The number of rotatable bonds is 7. The van der Waals surface area contributed by atoms with Crippen molar-refractivity contribution in [3.63, 3.8) is 0 Å². The molecule has 34 heavy (non-hydrogen) atoms. The van der Waals surface area contributed by atoms with E-state index in [4.69, 9.17) is 14.5 Å². The predicted octanol–water partition coefficient (Wildman–Crippen LogP) is 5.17. The summed E-state index contributed by atoms with van der Waals surface area (Å²) in [6.07, 6.45) is 1.53. The van der Waals surface area contributed by atoms with Crippen molar-refractivity contribution >= 4 is 23.0 Å². The Bertz CT molecular complexity index is 1370. The van der Waals surface area contributed by atoms with Crippen LogP contribution in [0.25, 0.3) is 22.2 Å². The Kier molecular flexibility index (Phi) is 6.73. The Morgan fingerprint density at radius 2 is 1.88 bits per heavy atom. The molecular formula is C27H25N3O4. The van der Waals surface area contributed by atoms with Crippen LogP contribution in [0.4, 0.5) is 0 Å². The number of amides is 1. The summed E-state index contributed by atoms with van der Waals surface area (Å²) in [4.78, 5) is 17.8. The molecule has 0 radical (unpaired) electrons. The minimum absolute atomic E-state index is 0.0299. The third-order valence-electron chi connectivity index (χ3n) is 5.05. The van der Waals surface area contributed by atoms with E-state index in [-0.39, 0.29) is 17.8 Å². The third-order valence-corrected chi connectivity index (χ3v) is 5.05. The second-order valence-corrected chi connectivity index (χ2v) is 7.90. The summed E-state index contributed by atoms with van der Waals surface area (Å²) >= 11 is 0. The van der Waals surface area contributed by atoms with E-state index in [9.17, 15) is 9.90 Å². The van der Waals surface area contributed by atoms with Gasteiger partial charge in [0, 0.05) is 10.9 Å². The van der Waals surface area contributed by atoms with Gasteiger partial charge in [0.25, 0.3) is 5.91 Å². The molecule has 1 amide bonds. The van der Waals surface area contributed by atoms with Crippen molar-refractivity contribution in [2.24, 2.45) is 5.10 Å². The summed E-state index contributed by atoms with van der Waals surface area (Å²) in [6.45, 7) is 3.94. The van der Waals surface area contributed by atoms with Crippen molar-refractivity contribution < 1.29 is 19.4 Å². The fourth-order valence-corrected chi connectivity index (χ4v) is 3.51. The normalized spacial score (nSPS) is 11.2. The molecule has 7 heteroatoms. The predicted molar refractivity (Wildman–Crippen MR) is 133 cm³/mol. The highest BCUT2D eigenvalue weighted by atomic mass is 16.5. The van der Waals surface area contributed by atoms with E-state index in [0.717, 1.165) is 16.7 Å². The molecule has 0 unspecified atom stereocenters. The van der Waals surface area contributed by atoms with Crippen molar-refractivity contribution in [2.45, 2.75) is 20.0 Å². The highest BCUT2D eigenvalue weighted by Gasteiger charge is 2.14. The Labute approximate surface area is 197 Å².